The first-order chi connectivity index (χ1) is 7.69. The summed E-state index contributed by atoms with van der Waals surface area (Å²) in [7, 11) is 2.12. The summed E-state index contributed by atoms with van der Waals surface area (Å²) in [4.78, 5) is 13.6. The Bertz CT molecular complexity index is 256. The second kappa shape index (κ2) is 5.12. The number of nitrogens with zero attached hydrogens (tertiary/aromatic N) is 1. The molecule has 0 aromatic carbocycles. The summed E-state index contributed by atoms with van der Waals surface area (Å²) in [6.07, 6.45) is 4.32. The minimum Gasteiger partial charge on any atom is -0.364 e. The van der Waals surface area contributed by atoms with Crippen molar-refractivity contribution >= 4 is 5.91 Å². The van der Waals surface area contributed by atoms with Gasteiger partial charge in [-0.25, -0.2) is 5.84 Å². The van der Waals surface area contributed by atoms with Crippen molar-refractivity contribution in [1.29, 1.82) is 0 Å². The highest BCUT2D eigenvalue weighted by Crippen LogP contribution is 2.30. The normalized spacial score (nSPS) is 29.7. The van der Waals surface area contributed by atoms with Crippen LogP contribution in [-0.4, -0.2) is 43.2 Å². The molecule has 1 heterocycles. The van der Waals surface area contributed by atoms with Gasteiger partial charge in [0.15, 0.2) is 0 Å². The van der Waals surface area contributed by atoms with E-state index in [1.807, 2.05) is 0 Å². The van der Waals surface area contributed by atoms with Crippen molar-refractivity contribution in [2.45, 2.75) is 37.9 Å². The van der Waals surface area contributed by atoms with Crippen LogP contribution >= 0.6 is 0 Å². The third-order valence-corrected chi connectivity index (χ3v) is 3.32. The Balaban J connectivity index is 1.69. The van der Waals surface area contributed by atoms with E-state index < -0.39 is 0 Å². The van der Waals surface area contributed by atoms with Gasteiger partial charge in [0.1, 0.15) is 6.10 Å². The molecular formula is C11H21N3O2. The maximum atomic E-state index is 11.3. The lowest BCUT2D eigenvalue weighted by atomic mass is 10.2. The average molecular weight is 227 g/mol. The van der Waals surface area contributed by atoms with Crippen LogP contribution in [-0.2, 0) is 9.53 Å². The van der Waals surface area contributed by atoms with Gasteiger partial charge in [0.25, 0.3) is 5.91 Å². The molecule has 92 valence electrons. The molecule has 0 radical (unpaired) electrons. The van der Waals surface area contributed by atoms with E-state index in [0.717, 1.165) is 31.8 Å². The molecule has 0 spiro atoms. The maximum Gasteiger partial charge on any atom is 0.263 e. The number of nitrogens with one attached hydrogen (secondary N) is 1. The number of carbonyl (C=O) groups excluding carboxylic acids is 1. The average Bonchev–Trinajstić information content (AvgIpc) is 2.94. The van der Waals surface area contributed by atoms with Crippen LogP contribution in [0.3, 0.4) is 0 Å². The van der Waals surface area contributed by atoms with Crippen LogP contribution < -0.4 is 11.3 Å². The van der Waals surface area contributed by atoms with Crippen LogP contribution in [0.15, 0.2) is 0 Å². The molecular weight excluding hydrogens is 206 g/mol. The van der Waals surface area contributed by atoms with E-state index in [0.29, 0.717) is 0 Å². The Morgan fingerprint density at radius 1 is 1.38 bits per heavy atom. The van der Waals surface area contributed by atoms with E-state index in [9.17, 15) is 4.79 Å². The lowest BCUT2D eigenvalue weighted by Crippen LogP contribution is -2.40. The molecule has 2 aliphatic rings. The van der Waals surface area contributed by atoms with Gasteiger partial charge in [0.2, 0.25) is 0 Å². The number of nitrogens with two attached hydrogens (primary N) is 1. The number of hydrogen-bond acceptors (Lipinski definition) is 4. The minimum absolute atomic E-state index is 0.186. The van der Waals surface area contributed by atoms with Crippen LogP contribution in [0.1, 0.15) is 25.7 Å². The van der Waals surface area contributed by atoms with E-state index in [1.54, 1.807) is 0 Å². The first-order valence-electron chi connectivity index (χ1n) is 6.03. The van der Waals surface area contributed by atoms with Crippen molar-refractivity contribution in [3.63, 3.8) is 0 Å². The van der Waals surface area contributed by atoms with Gasteiger partial charge in [-0.05, 0) is 38.6 Å². The van der Waals surface area contributed by atoms with E-state index in [4.69, 9.17) is 10.6 Å². The first kappa shape index (κ1) is 11.8. The molecule has 5 heteroatoms. The second-order valence-electron chi connectivity index (χ2n) is 5.00. The summed E-state index contributed by atoms with van der Waals surface area (Å²) in [6, 6.07) is 0. The summed E-state index contributed by atoms with van der Waals surface area (Å²) in [5, 5.41) is 0. The van der Waals surface area contributed by atoms with E-state index >= 15 is 0 Å². The monoisotopic (exact) mass is 227 g/mol. The maximum absolute atomic E-state index is 11.3. The van der Waals surface area contributed by atoms with Crippen LogP contribution in [0.5, 0.6) is 0 Å². The van der Waals surface area contributed by atoms with Crippen LogP contribution in [0.25, 0.3) is 0 Å². The molecule has 1 saturated heterocycles. The van der Waals surface area contributed by atoms with Crippen molar-refractivity contribution in [3.05, 3.63) is 0 Å². The standard InChI is InChI=1S/C11H21N3O2/c1-14(6-8-2-3-8)7-9-4-5-10(16-9)11(15)13-12/h8-10H,2-7,12H2,1H3,(H,13,15). The lowest BCUT2D eigenvalue weighted by molar-refractivity contribution is -0.132. The molecule has 2 rings (SSSR count). The van der Waals surface area contributed by atoms with Crippen molar-refractivity contribution in [1.82, 2.24) is 10.3 Å². The largest absolute Gasteiger partial charge is 0.364 e. The van der Waals surface area contributed by atoms with Crippen molar-refractivity contribution < 1.29 is 9.53 Å². The third kappa shape index (κ3) is 3.17. The van der Waals surface area contributed by atoms with Gasteiger partial charge in [0.05, 0.1) is 6.10 Å². The molecule has 1 aliphatic carbocycles. The summed E-state index contributed by atoms with van der Waals surface area (Å²) in [5.74, 6) is 5.78. The summed E-state index contributed by atoms with van der Waals surface area (Å²) >= 11 is 0. The predicted molar refractivity (Wildman–Crippen MR) is 60.4 cm³/mol. The van der Waals surface area contributed by atoms with Crippen LogP contribution in [0.2, 0.25) is 0 Å². The smallest absolute Gasteiger partial charge is 0.263 e. The number of ether oxygens (including phenoxy) is 1. The molecule has 0 bridgehead atoms. The molecule has 16 heavy (non-hydrogen) atoms. The minimum atomic E-state index is -0.343. The molecule has 2 unspecified atom stereocenters. The molecule has 5 nitrogen and oxygen atoms in total. The zero-order valence-electron chi connectivity index (χ0n) is 9.82. The van der Waals surface area contributed by atoms with E-state index in [1.165, 1.54) is 12.8 Å². The zero-order chi connectivity index (χ0) is 11.5. The van der Waals surface area contributed by atoms with Gasteiger partial charge in [-0.1, -0.05) is 0 Å². The van der Waals surface area contributed by atoms with Gasteiger partial charge in [-0.15, -0.1) is 0 Å². The summed E-state index contributed by atoms with van der Waals surface area (Å²) in [5.41, 5.74) is 2.15. The van der Waals surface area contributed by atoms with Gasteiger partial charge in [-0.3, -0.25) is 10.2 Å². The van der Waals surface area contributed by atoms with Crippen LogP contribution in [0, 0.1) is 5.92 Å². The van der Waals surface area contributed by atoms with Gasteiger partial charge in [-0.2, -0.15) is 0 Å². The quantitative estimate of drug-likeness (QED) is 0.390. The number of amides is 1. The number of hydrogen-bond donors (Lipinski definition) is 2. The molecule has 2 atom stereocenters. The summed E-state index contributed by atoms with van der Waals surface area (Å²) < 4.78 is 5.65. The van der Waals surface area contributed by atoms with Crippen molar-refractivity contribution in [2.24, 2.45) is 11.8 Å². The SMILES string of the molecule is CN(CC1CC1)CC1CCC(C(=O)NN)O1. The molecule has 1 aliphatic heterocycles. The predicted octanol–water partition coefficient (Wildman–Crippen LogP) is -0.134. The molecule has 0 aromatic heterocycles. The van der Waals surface area contributed by atoms with E-state index in [2.05, 4.69) is 17.4 Å². The van der Waals surface area contributed by atoms with E-state index in [-0.39, 0.29) is 18.1 Å². The fourth-order valence-electron chi connectivity index (χ4n) is 2.29. The molecule has 3 N–H and O–H groups in total. The molecule has 1 amide bonds. The van der Waals surface area contributed by atoms with Crippen molar-refractivity contribution in [2.75, 3.05) is 20.1 Å². The first-order valence-corrected chi connectivity index (χ1v) is 6.03. The number of rotatable bonds is 5. The molecule has 2 fully saturated rings. The Kier molecular flexibility index (Phi) is 3.78. The lowest BCUT2D eigenvalue weighted by Gasteiger charge is -2.20. The highest BCUT2D eigenvalue weighted by atomic mass is 16.5. The number of carbonyl (C=O) groups is 1. The fourth-order valence-corrected chi connectivity index (χ4v) is 2.29. The molecule has 1 saturated carbocycles. The highest BCUT2D eigenvalue weighted by Gasteiger charge is 2.31. The van der Waals surface area contributed by atoms with Crippen molar-refractivity contribution in [3.8, 4) is 0 Å². The number of likely N-dealkylation sites (N-methyl/N-ethyl adjacent to an activating group) is 1. The Hall–Kier alpha value is -0.650. The highest BCUT2D eigenvalue weighted by molar-refractivity contribution is 5.80. The van der Waals surface area contributed by atoms with Gasteiger partial charge < -0.3 is 9.64 Å². The Labute approximate surface area is 96.3 Å². The fraction of sp³-hybridized carbons (Fsp3) is 0.909. The van der Waals surface area contributed by atoms with Crippen LogP contribution in [0.4, 0.5) is 0 Å². The van der Waals surface area contributed by atoms with Gasteiger partial charge in [0, 0.05) is 13.1 Å². The zero-order valence-corrected chi connectivity index (χ0v) is 9.82. The Morgan fingerprint density at radius 3 is 2.75 bits per heavy atom. The summed E-state index contributed by atoms with van der Waals surface area (Å²) in [6.45, 7) is 2.08. The molecule has 0 aromatic rings. The third-order valence-electron chi connectivity index (χ3n) is 3.32. The second-order valence-corrected chi connectivity index (χ2v) is 5.00. The van der Waals surface area contributed by atoms with Gasteiger partial charge >= 0.3 is 0 Å². The number of hydrazine groups is 1. The Morgan fingerprint density at radius 2 is 2.12 bits per heavy atom. The topological polar surface area (TPSA) is 67.6 Å².